The van der Waals surface area contributed by atoms with Crippen molar-refractivity contribution in [1.29, 1.82) is 0 Å². The average molecular weight is 400 g/mol. The van der Waals surface area contributed by atoms with Gasteiger partial charge in [-0.25, -0.2) is 4.90 Å². The monoisotopic (exact) mass is 399 g/mol. The van der Waals surface area contributed by atoms with E-state index in [1.165, 1.54) is 19.1 Å². The summed E-state index contributed by atoms with van der Waals surface area (Å²) in [6, 6.07) is 8.52. The van der Waals surface area contributed by atoms with Gasteiger partial charge in [-0.15, -0.1) is 13.2 Å². The van der Waals surface area contributed by atoms with Crippen molar-refractivity contribution in [2.45, 2.75) is 13.3 Å². The highest BCUT2D eigenvalue weighted by Crippen LogP contribution is 2.39. The maximum atomic E-state index is 12.5. The third-order valence-electron chi connectivity index (χ3n) is 3.48. The first kappa shape index (κ1) is 16.5. The van der Waals surface area contributed by atoms with E-state index in [1.54, 1.807) is 12.1 Å². The molecule has 2 aromatic rings. The molecule has 0 unspecified atom stereocenters. The molecule has 0 N–H and O–H groups in total. The van der Waals surface area contributed by atoms with E-state index in [1.807, 2.05) is 0 Å². The van der Waals surface area contributed by atoms with E-state index in [4.69, 9.17) is 0 Å². The zero-order valence-corrected chi connectivity index (χ0v) is 13.7. The molecule has 0 atom stereocenters. The van der Waals surface area contributed by atoms with Crippen LogP contribution >= 0.6 is 15.9 Å². The van der Waals surface area contributed by atoms with Crippen LogP contribution in [0.25, 0.3) is 0 Å². The number of fused-ring (bicyclic) bond motifs is 1. The largest absolute Gasteiger partial charge is 0.573 e. The van der Waals surface area contributed by atoms with Gasteiger partial charge in [0, 0.05) is 4.47 Å². The summed E-state index contributed by atoms with van der Waals surface area (Å²) < 4.78 is 41.1. The second-order valence-electron chi connectivity index (χ2n) is 5.11. The number of imide groups is 1. The first-order valence-electron chi connectivity index (χ1n) is 6.73. The summed E-state index contributed by atoms with van der Waals surface area (Å²) in [6.07, 6.45) is -4.83. The minimum Gasteiger partial charge on any atom is -0.406 e. The standard InChI is InChI=1S/C16H9BrF3NO3/c1-8-6-9(24-16(18,19)20)7-12(17)13(8)21-14(22)10-4-2-3-5-11(10)15(21)23/h2-7H,1H3. The molecule has 0 aliphatic carbocycles. The molecule has 1 heterocycles. The number of hydrogen-bond acceptors (Lipinski definition) is 3. The summed E-state index contributed by atoms with van der Waals surface area (Å²) in [4.78, 5) is 25.9. The fourth-order valence-corrected chi connectivity index (χ4v) is 3.29. The molecular formula is C16H9BrF3NO3. The highest BCUT2D eigenvalue weighted by molar-refractivity contribution is 9.10. The molecule has 0 aromatic heterocycles. The van der Waals surface area contributed by atoms with Crippen LogP contribution in [0.4, 0.5) is 18.9 Å². The second kappa shape index (κ2) is 5.62. The van der Waals surface area contributed by atoms with Gasteiger partial charge in [-0.1, -0.05) is 12.1 Å². The Morgan fingerprint density at radius 1 is 1.04 bits per heavy atom. The van der Waals surface area contributed by atoms with Crippen molar-refractivity contribution in [2.75, 3.05) is 4.90 Å². The van der Waals surface area contributed by atoms with E-state index >= 15 is 0 Å². The molecule has 8 heteroatoms. The van der Waals surface area contributed by atoms with Gasteiger partial charge in [-0.3, -0.25) is 9.59 Å². The van der Waals surface area contributed by atoms with Gasteiger partial charge in [0.05, 0.1) is 16.8 Å². The molecule has 0 bridgehead atoms. The van der Waals surface area contributed by atoms with Crippen LogP contribution in [0.2, 0.25) is 0 Å². The molecule has 0 spiro atoms. The van der Waals surface area contributed by atoms with Gasteiger partial charge in [0.25, 0.3) is 11.8 Å². The summed E-state index contributed by atoms with van der Waals surface area (Å²) in [6.45, 7) is 1.49. The minimum atomic E-state index is -4.83. The Bertz CT molecular complexity index is 806. The fraction of sp³-hybridized carbons (Fsp3) is 0.125. The Labute approximate surface area is 143 Å². The van der Waals surface area contributed by atoms with Gasteiger partial charge < -0.3 is 4.74 Å². The number of carbonyl (C=O) groups is 2. The number of rotatable bonds is 2. The van der Waals surface area contributed by atoms with Crippen LogP contribution in [-0.4, -0.2) is 18.2 Å². The van der Waals surface area contributed by atoms with Crippen molar-refractivity contribution in [2.24, 2.45) is 0 Å². The van der Waals surface area contributed by atoms with Crippen molar-refractivity contribution in [3.05, 3.63) is 57.6 Å². The Hall–Kier alpha value is -2.35. The predicted octanol–water partition coefficient (Wildman–Crippen LogP) is 4.46. The van der Waals surface area contributed by atoms with E-state index in [-0.39, 0.29) is 26.9 Å². The summed E-state index contributed by atoms with van der Waals surface area (Å²) in [5.41, 5.74) is 0.989. The molecule has 2 amide bonds. The molecule has 0 saturated heterocycles. The van der Waals surface area contributed by atoms with Crippen LogP contribution in [-0.2, 0) is 0 Å². The van der Waals surface area contributed by atoms with Crippen LogP contribution in [0.3, 0.4) is 0 Å². The smallest absolute Gasteiger partial charge is 0.406 e. The Kier molecular flexibility index (Phi) is 3.87. The summed E-state index contributed by atoms with van der Waals surface area (Å²) in [7, 11) is 0. The van der Waals surface area contributed by atoms with Gasteiger partial charge in [-0.2, -0.15) is 0 Å². The number of amides is 2. The van der Waals surface area contributed by atoms with Crippen LogP contribution in [0.5, 0.6) is 5.75 Å². The van der Waals surface area contributed by atoms with Crippen molar-refractivity contribution in [3.63, 3.8) is 0 Å². The maximum Gasteiger partial charge on any atom is 0.573 e. The fourth-order valence-electron chi connectivity index (χ4n) is 2.57. The summed E-state index contributed by atoms with van der Waals surface area (Å²) in [5, 5.41) is 0. The van der Waals surface area contributed by atoms with Gasteiger partial charge in [0.1, 0.15) is 5.75 Å². The number of halogens is 4. The highest BCUT2D eigenvalue weighted by Gasteiger charge is 2.38. The van der Waals surface area contributed by atoms with Crippen molar-refractivity contribution >= 4 is 33.4 Å². The van der Waals surface area contributed by atoms with Crippen LogP contribution in [0.1, 0.15) is 26.3 Å². The van der Waals surface area contributed by atoms with Crippen molar-refractivity contribution < 1.29 is 27.5 Å². The number of alkyl halides is 3. The lowest BCUT2D eigenvalue weighted by molar-refractivity contribution is -0.274. The molecule has 4 nitrogen and oxygen atoms in total. The average Bonchev–Trinajstić information content (AvgIpc) is 2.71. The summed E-state index contributed by atoms with van der Waals surface area (Å²) in [5.74, 6) is -1.49. The Balaban J connectivity index is 2.05. The topological polar surface area (TPSA) is 46.6 Å². The quantitative estimate of drug-likeness (QED) is 0.700. The first-order valence-corrected chi connectivity index (χ1v) is 7.52. The Morgan fingerprint density at radius 2 is 1.58 bits per heavy atom. The van der Waals surface area contributed by atoms with E-state index in [2.05, 4.69) is 20.7 Å². The maximum absolute atomic E-state index is 12.5. The summed E-state index contributed by atoms with van der Waals surface area (Å²) >= 11 is 3.12. The minimum absolute atomic E-state index is 0.149. The third kappa shape index (κ3) is 2.77. The normalized spacial score (nSPS) is 14.1. The van der Waals surface area contributed by atoms with Gasteiger partial charge in [-0.05, 0) is 52.7 Å². The number of carbonyl (C=O) groups excluding carboxylic acids is 2. The van der Waals surface area contributed by atoms with Crippen LogP contribution in [0.15, 0.2) is 40.9 Å². The number of hydrogen-bond donors (Lipinski definition) is 0. The molecule has 0 fully saturated rings. The highest BCUT2D eigenvalue weighted by atomic mass is 79.9. The molecule has 24 heavy (non-hydrogen) atoms. The first-order chi connectivity index (χ1) is 11.2. The molecule has 2 aromatic carbocycles. The lowest BCUT2D eigenvalue weighted by atomic mass is 10.1. The third-order valence-corrected chi connectivity index (χ3v) is 4.08. The van der Waals surface area contributed by atoms with Crippen molar-refractivity contribution in [3.8, 4) is 5.75 Å². The van der Waals surface area contributed by atoms with Crippen LogP contribution in [0, 0.1) is 6.92 Å². The SMILES string of the molecule is Cc1cc(OC(F)(F)F)cc(Br)c1N1C(=O)c2ccccc2C1=O. The lowest BCUT2D eigenvalue weighted by Crippen LogP contribution is -2.30. The number of benzene rings is 2. The van der Waals surface area contributed by atoms with E-state index in [0.29, 0.717) is 0 Å². The molecule has 1 aliphatic heterocycles. The molecular weight excluding hydrogens is 391 g/mol. The van der Waals surface area contributed by atoms with Gasteiger partial charge in [0.15, 0.2) is 0 Å². The van der Waals surface area contributed by atoms with Gasteiger partial charge in [0.2, 0.25) is 0 Å². The predicted molar refractivity (Wildman–Crippen MR) is 83.1 cm³/mol. The van der Waals surface area contributed by atoms with E-state index in [0.717, 1.165) is 17.0 Å². The van der Waals surface area contributed by atoms with Gasteiger partial charge >= 0.3 is 6.36 Å². The molecule has 3 rings (SSSR count). The second-order valence-corrected chi connectivity index (χ2v) is 5.96. The molecule has 124 valence electrons. The zero-order chi connectivity index (χ0) is 17.6. The Morgan fingerprint density at radius 3 is 2.04 bits per heavy atom. The number of aryl methyl sites for hydroxylation is 1. The molecule has 0 radical (unpaired) electrons. The zero-order valence-electron chi connectivity index (χ0n) is 12.1. The number of anilines is 1. The van der Waals surface area contributed by atoms with Crippen molar-refractivity contribution in [1.82, 2.24) is 0 Å². The van der Waals surface area contributed by atoms with Crippen LogP contribution < -0.4 is 9.64 Å². The number of nitrogens with zero attached hydrogens (tertiary/aromatic N) is 1. The lowest BCUT2D eigenvalue weighted by Gasteiger charge is -2.20. The molecule has 1 aliphatic rings. The van der Waals surface area contributed by atoms with E-state index < -0.39 is 23.9 Å². The number of ether oxygens (including phenoxy) is 1. The molecule has 0 saturated carbocycles. The van der Waals surface area contributed by atoms with E-state index in [9.17, 15) is 22.8 Å².